The highest BCUT2D eigenvalue weighted by Gasteiger charge is 2.46. The van der Waals surface area contributed by atoms with Crippen LogP contribution in [0.3, 0.4) is 0 Å². The Hall–Kier alpha value is -2.27. The lowest BCUT2D eigenvalue weighted by Crippen LogP contribution is -2.48. The monoisotopic (exact) mass is 332 g/mol. The molecule has 1 aliphatic carbocycles. The highest BCUT2D eigenvalue weighted by Crippen LogP contribution is 2.46. The normalized spacial score (nSPS) is 16.4. The first-order valence-corrected chi connectivity index (χ1v) is 7.80. The van der Waals surface area contributed by atoms with E-state index in [9.17, 15) is 9.59 Å². The van der Waals surface area contributed by atoms with Gasteiger partial charge in [0.1, 0.15) is 6.04 Å². The molecule has 0 radical (unpaired) electrons. The number of benzene rings is 1. The van der Waals surface area contributed by atoms with Crippen LogP contribution in [0.15, 0.2) is 47.1 Å². The lowest BCUT2D eigenvalue weighted by molar-refractivity contribution is -0.123. The maximum Gasteiger partial charge on any atom is 0.287 e. The third kappa shape index (κ3) is 3.40. The van der Waals surface area contributed by atoms with Crippen molar-refractivity contribution in [1.82, 2.24) is 10.6 Å². The molecule has 0 saturated heterocycles. The molecule has 1 heterocycles. The number of hydrogen-bond acceptors (Lipinski definition) is 3. The van der Waals surface area contributed by atoms with Gasteiger partial charge in [-0.3, -0.25) is 9.59 Å². The molecule has 2 amide bonds. The molecule has 1 saturated carbocycles. The van der Waals surface area contributed by atoms with Gasteiger partial charge in [0.05, 0.1) is 11.8 Å². The van der Waals surface area contributed by atoms with Crippen LogP contribution in [0.5, 0.6) is 0 Å². The van der Waals surface area contributed by atoms with Gasteiger partial charge in [-0.05, 0) is 49.6 Å². The zero-order valence-electron chi connectivity index (χ0n) is 12.6. The molecule has 6 heteroatoms. The predicted octanol–water partition coefficient (Wildman–Crippen LogP) is 2.86. The number of amides is 2. The van der Waals surface area contributed by atoms with Crippen LogP contribution in [0.1, 0.15) is 35.9 Å². The molecule has 0 aliphatic heterocycles. The van der Waals surface area contributed by atoms with E-state index in [0.29, 0.717) is 5.02 Å². The van der Waals surface area contributed by atoms with Gasteiger partial charge in [-0.25, -0.2) is 0 Å². The first-order chi connectivity index (χ1) is 11.0. The Balaban J connectivity index is 1.63. The van der Waals surface area contributed by atoms with Crippen LogP contribution in [-0.4, -0.2) is 17.9 Å². The Morgan fingerprint density at radius 3 is 2.65 bits per heavy atom. The molecular weight excluding hydrogens is 316 g/mol. The molecule has 1 aromatic carbocycles. The summed E-state index contributed by atoms with van der Waals surface area (Å²) in [6.45, 7) is 1.64. The molecular formula is C17H17ClN2O3. The van der Waals surface area contributed by atoms with Crippen LogP contribution in [0.25, 0.3) is 0 Å². The minimum Gasteiger partial charge on any atom is -0.459 e. The van der Waals surface area contributed by atoms with Gasteiger partial charge in [0, 0.05) is 5.02 Å². The third-order valence-electron chi connectivity index (χ3n) is 3.98. The van der Waals surface area contributed by atoms with Gasteiger partial charge in [-0.1, -0.05) is 23.7 Å². The first kappa shape index (κ1) is 15.6. The van der Waals surface area contributed by atoms with Crippen molar-refractivity contribution in [2.45, 2.75) is 31.3 Å². The SMILES string of the molecule is C[C@H](NC(=O)c1ccco1)C(=O)NC1(c2cccc(Cl)c2)CC1. The maximum atomic E-state index is 12.4. The fourth-order valence-corrected chi connectivity index (χ4v) is 2.67. The Morgan fingerprint density at radius 1 is 1.26 bits per heavy atom. The number of carbonyl (C=O) groups is 2. The summed E-state index contributed by atoms with van der Waals surface area (Å²) in [5, 5.41) is 6.28. The number of carbonyl (C=O) groups excluding carboxylic acids is 2. The summed E-state index contributed by atoms with van der Waals surface area (Å²) < 4.78 is 5.01. The molecule has 0 spiro atoms. The number of hydrogen-bond donors (Lipinski definition) is 2. The summed E-state index contributed by atoms with van der Waals surface area (Å²) in [4.78, 5) is 24.3. The standard InChI is InChI=1S/C17H17ClN2O3/c1-11(19-16(22)14-6-3-9-23-14)15(21)20-17(7-8-17)12-4-2-5-13(18)10-12/h2-6,9-11H,7-8H2,1H3,(H,19,22)(H,20,21)/t11-/m0/s1. The van der Waals surface area contributed by atoms with Gasteiger partial charge in [0.2, 0.25) is 5.91 Å². The number of nitrogens with one attached hydrogen (secondary N) is 2. The summed E-state index contributed by atoms with van der Waals surface area (Å²) in [6, 6.07) is 9.99. The van der Waals surface area contributed by atoms with Gasteiger partial charge < -0.3 is 15.1 Å². The molecule has 2 aromatic rings. The zero-order chi connectivity index (χ0) is 16.4. The van der Waals surface area contributed by atoms with Gasteiger partial charge in [0.25, 0.3) is 5.91 Å². The van der Waals surface area contributed by atoms with E-state index in [4.69, 9.17) is 16.0 Å². The van der Waals surface area contributed by atoms with Crippen LogP contribution < -0.4 is 10.6 Å². The maximum absolute atomic E-state index is 12.4. The second-order valence-corrected chi connectivity index (χ2v) is 6.19. The van der Waals surface area contributed by atoms with Crippen molar-refractivity contribution in [3.63, 3.8) is 0 Å². The van der Waals surface area contributed by atoms with Gasteiger partial charge in [0.15, 0.2) is 5.76 Å². The Labute approximate surface area is 139 Å². The summed E-state index contributed by atoms with van der Waals surface area (Å²) >= 11 is 6.02. The lowest BCUT2D eigenvalue weighted by Gasteiger charge is -2.21. The van der Waals surface area contributed by atoms with E-state index in [-0.39, 0.29) is 17.2 Å². The predicted molar refractivity (Wildman–Crippen MR) is 86.1 cm³/mol. The number of rotatable bonds is 5. The molecule has 23 heavy (non-hydrogen) atoms. The fraction of sp³-hybridized carbons (Fsp3) is 0.294. The van der Waals surface area contributed by atoms with Crippen LogP contribution in [-0.2, 0) is 10.3 Å². The largest absolute Gasteiger partial charge is 0.459 e. The lowest BCUT2D eigenvalue weighted by atomic mass is 10.0. The van der Waals surface area contributed by atoms with Crippen LogP contribution in [0, 0.1) is 0 Å². The molecule has 0 bridgehead atoms. The highest BCUT2D eigenvalue weighted by atomic mass is 35.5. The second kappa shape index (κ2) is 6.08. The molecule has 2 N–H and O–H groups in total. The Bertz CT molecular complexity index is 723. The summed E-state index contributed by atoms with van der Waals surface area (Å²) in [7, 11) is 0. The average Bonchev–Trinajstić information content (AvgIpc) is 3.10. The molecule has 1 atom stereocenters. The van der Waals surface area contributed by atoms with Crippen molar-refractivity contribution in [3.05, 3.63) is 59.0 Å². The van der Waals surface area contributed by atoms with E-state index in [1.165, 1.54) is 6.26 Å². The van der Waals surface area contributed by atoms with Crippen molar-refractivity contribution in [1.29, 1.82) is 0 Å². The van der Waals surface area contributed by atoms with E-state index < -0.39 is 11.9 Å². The van der Waals surface area contributed by atoms with Gasteiger partial charge in [-0.15, -0.1) is 0 Å². The summed E-state index contributed by atoms with van der Waals surface area (Å²) in [5.74, 6) is -0.465. The Kier molecular flexibility index (Phi) is 4.13. The third-order valence-corrected chi connectivity index (χ3v) is 4.21. The highest BCUT2D eigenvalue weighted by molar-refractivity contribution is 6.30. The van der Waals surface area contributed by atoms with Crippen LogP contribution >= 0.6 is 11.6 Å². The zero-order valence-corrected chi connectivity index (χ0v) is 13.4. The van der Waals surface area contributed by atoms with E-state index in [0.717, 1.165) is 18.4 Å². The van der Waals surface area contributed by atoms with Crippen molar-refractivity contribution < 1.29 is 14.0 Å². The molecule has 0 unspecified atom stereocenters. The van der Waals surface area contributed by atoms with Crippen molar-refractivity contribution in [2.75, 3.05) is 0 Å². The number of furan rings is 1. The smallest absolute Gasteiger partial charge is 0.287 e. The topological polar surface area (TPSA) is 71.3 Å². The fourth-order valence-electron chi connectivity index (χ4n) is 2.48. The van der Waals surface area contributed by atoms with Crippen LogP contribution in [0.4, 0.5) is 0 Å². The number of halogens is 1. The molecule has 1 aromatic heterocycles. The van der Waals surface area contributed by atoms with E-state index in [1.54, 1.807) is 25.1 Å². The van der Waals surface area contributed by atoms with Crippen molar-refractivity contribution >= 4 is 23.4 Å². The molecule has 5 nitrogen and oxygen atoms in total. The van der Waals surface area contributed by atoms with E-state index >= 15 is 0 Å². The molecule has 1 fully saturated rings. The van der Waals surface area contributed by atoms with Crippen molar-refractivity contribution in [2.24, 2.45) is 0 Å². The first-order valence-electron chi connectivity index (χ1n) is 7.43. The van der Waals surface area contributed by atoms with Gasteiger partial charge >= 0.3 is 0 Å². The average molecular weight is 333 g/mol. The van der Waals surface area contributed by atoms with E-state index in [1.807, 2.05) is 18.2 Å². The Morgan fingerprint density at radius 2 is 2.04 bits per heavy atom. The summed E-state index contributed by atoms with van der Waals surface area (Å²) in [5.41, 5.74) is 0.619. The summed E-state index contributed by atoms with van der Waals surface area (Å²) in [6.07, 6.45) is 3.13. The molecule has 120 valence electrons. The quantitative estimate of drug-likeness (QED) is 0.884. The van der Waals surface area contributed by atoms with Crippen LogP contribution in [0.2, 0.25) is 5.02 Å². The van der Waals surface area contributed by atoms with E-state index in [2.05, 4.69) is 10.6 Å². The molecule has 3 rings (SSSR count). The van der Waals surface area contributed by atoms with Crippen molar-refractivity contribution in [3.8, 4) is 0 Å². The second-order valence-electron chi connectivity index (χ2n) is 5.75. The minimum absolute atomic E-state index is 0.181. The minimum atomic E-state index is -0.663. The molecule has 1 aliphatic rings. The van der Waals surface area contributed by atoms with Gasteiger partial charge in [-0.2, -0.15) is 0 Å².